The first kappa shape index (κ1) is 48.5. The van der Waals surface area contributed by atoms with Crippen molar-refractivity contribution in [3.05, 3.63) is 36.5 Å². The lowest BCUT2D eigenvalue weighted by Gasteiger charge is -2.31. The smallest absolute Gasteiger partial charge is 0.362 e. The zero-order chi connectivity index (χ0) is 37.8. The summed E-state index contributed by atoms with van der Waals surface area (Å²) in [4.78, 5) is 36.7. The number of esters is 2. The van der Waals surface area contributed by atoms with E-state index in [0.29, 0.717) is 19.3 Å². The van der Waals surface area contributed by atoms with Gasteiger partial charge in [0.1, 0.15) is 6.61 Å². The van der Waals surface area contributed by atoms with E-state index in [4.69, 9.17) is 14.2 Å². The van der Waals surface area contributed by atoms with Gasteiger partial charge in [-0.3, -0.25) is 9.59 Å². The maximum atomic E-state index is 12.6. The van der Waals surface area contributed by atoms with Crippen molar-refractivity contribution in [1.29, 1.82) is 0 Å². The largest absolute Gasteiger partial charge is 0.477 e. The number of likely N-dealkylation sites (N-methyl/N-ethyl adjacent to an activating group) is 1. The Morgan fingerprint density at radius 2 is 1.10 bits per heavy atom. The Hall–Kier alpha value is -2.45. The molecule has 0 aromatic rings. The molecule has 0 aliphatic heterocycles. The molecule has 296 valence electrons. The normalized spacial score (nSPS) is 13.4. The van der Waals surface area contributed by atoms with Crippen molar-refractivity contribution in [2.75, 3.05) is 41.0 Å². The molecule has 0 amide bonds. The average molecular weight is 721 g/mol. The van der Waals surface area contributed by atoms with E-state index in [1.165, 1.54) is 77.0 Å². The van der Waals surface area contributed by atoms with E-state index in [0.717, 1.165) is 57.8 Å². The quantitative estimate of drug-likeness (QED) is 0.0298. The third-order valence-corrected chi connectivity index (χ3v) is 9.05. The zero-order valence-corrected chi connectivity index (χ0v) is 33.6. The summed E-state index contributed by atoms with van der Waals surface area (Å²) < 4.78 is 17.2. The molecule has 0 heterocycles. The van der Waals surface area contributed by atoms with Gasteiger partial charge in [-0.25, -0.2) is 4.79 Å². The van der Waals surface area contributed by atoms with Crippen LogP contribution in [0.4, 0.5) is 0 Å². The lowest BCUT2D eigenvalue weighted by molar-refractivity contribution is -0.887. The van der Waals surface area contributed by atoms with Crippen LogP contribution in [-0.4, -0.2) is 80.6 Å². The van der Waals surface area contributed by atoms with E-state index < -0.39 is 18.1 Å². The Balaban J connectivity index is 4.19. The van der Waals surface area contributed by atoms with Gasteiger partial charge in [0.05, 0.1) is 34.4 Å². The molecule has 0 spiro atoms. The number of aliphatic carboxylic acids is 1. The summed E-state index contributed by atoms with van der Waals surface area (Å²) in [5.41, 5.74) is 0. The number of carbonyl (C=O) groups excluding carboxylic acids is 2. The van der Waals surface area contributed by atoms with E-state index in [1.54, 1.807) is 0 Å². The lowest BCUT2D eigenvalue weighted by Crippen LogP contribution is -2.50. The van der Waals surface area contributed by atoms with Gasteiger partial charge in [-0.15, -0.1) is 0 Å². The molecule has 0 aromatic carbocycles. The van der Waals surface area contributed by atoms with Crippen LogP contribution in [0, 0.1) is 0 Å². The first-order valence-corrected chi connectivity index (χ1v) is 20.5. The molecule has 2 unspecified atom stereocenters. The minimum atomic E-state index is -0.877. The fourth-order valence-electron chi connectivity index (χ4n) is 5.87. The Labute approximate surface area is 313 Å². The Morgan fingerprint density at radius 3 is 1.63 bits per heavy atom. The summed E-state index contributed by atoms with van der Waals surface area (Å²) in [5, 5.41) is 9.57. The number of unbranched alkanes of at least 4 members (excludes halogenated alkanes) is 16. The number of hydrogen-bond acceptors (Lipinski definition) is 6. The number of quaternary nitrogens is 1. The average Bonchev–Trinajstić information content (AvgIpc) is 3.08. The van der Waals surface area contributed by atoms with Crippen LogP contribution in [0.1, 0.15) is 168 Å². The van der Waals surface area contributed by atoms with E-state index in [-0.39, 0.29) is 36.2 Å². The standard InChI is InChI=1S/C43H77NO7/c1-6-8-10-12-14-15-16-17-18-19-20-21-22-23-24-25-26-28-29-31-33-41(45)50-38-39(37-49-36-35-40(43(47)48)44(3,4)5)51-42(46)34-32-30-27-13-11-9-7-2/h8,10,14-15,17-18,39-40H,6-7,9,11-13,16,19-38H2,1-5H3/p+1/b10-8+,15-14+,18-17+. The van der Waals surface area contributed by atoms with Crippen molar-refractivity contribution in [2.45, 2.75) is 180 Å². The Bertz CT molecular complexity index is 937. The van der Waals surface area contributed by atoms with Crippen molar-refractivity contribution in [1.82, 2.24) is 0 Å². The molecule has 0 saturated heterocycles. The minimum absolute atomic E-state index is 0.0515. The molecule has 8 heteroatoms. The van der Waals surface area contributed by atoms with Gasteiger partial charge in [0.15, 0.2) is 12.1 Å². The fraction of sp³-hybridized carbons (Fsp3) is 0.791. The third kappa shape index (κ3) is 33.2. The molecule has 8 nitrogen and oxygen atoms in total. The van der Waals surface area contributed by atoms with Gasteiger partial charge in [-0.05, 0) is 44.9 Å². The molecule has 0 aromatic heterocycles. The maximum Gasteiger partial charge on any atom is 0.362 e. The number of nitrogens with zero attached hydrogens (tertiary/aromatic N) is 1. The van der Waals surface area contributed by atoms with Crippen molar-refractivity contribution >= 4 is 17.9 Å². The van der Waals surface area contributed by atoms with Crippen LogP contribution in [0.5, 0.6) is 0 Å². The monoisotopic (exact) mass is 721 g/mol. The van der Waals surface area contributed by atoms with Crippen molar-refractivity contribution in [3.8, 4) is 0 Å². The van der Waals surface area contributed by atoms with Crippen LogP contribution in [-0.2, 0) is 28.6 Å². The van der Waals surface area contributed by atoms with E-state index in [1.807, 2.05) is 21.1 Å². The molecule has 51 heavy (non-hydrogen) atoms. The summed E-state index contributed by atoms with van der Waals surface area (Å²) >= 11 is 0. The van der Waals surface area contributed by atoms with Gasteiger partial charge in [0.25, 0.3) is 0 Å². The maximum absolute atomic E-state index is 12.6. The number of carbonyl (C=O) groups is 3. The van der Waals surface area contributed by atoms with E-state index in [2.05, 4.69) is 50.3 Å². The third-order valence-electron chi connectivity index (χ3n) is 9.05. The van der Waals surface area contributed by atoms with Crippen LogP contribution in [0.15, 0.2) is 36.5 Å². The first-order valence-electron chi connectivity index (χ1n) is 20.5. The highest BCUT2D eigenvalue weighted by Gasteiger charge is 2.31. The van der Waals surface area contributed by atoms with Crippen LogP contribution in [0.3, 0.4) is 0 Å². The predicted molar refractivity (Wildman–Crippen MR) is 211 cm³/mol. The summed E-state index contributed by atoms with van der Waals surface area (Å²) in [6.07, 6.45) is 37.7. The molecular weight excluding hydrogens is 642 g/mol. The van der Waals surface area contributed by atoms with Crippen LogP contribution in [0.25, 0.3) is 0 Å². The number of rotatable bonds is 36. The molecular formula is C43H78NO7+. The minimum Gasteiger partial charge on any atom is -0.477 e. The summed E-state index contributed by atoms with van der Waals surface area (Å²) in [5.74, 6) is -1.48. The SMILES string of the molecule is CC/C=C/C/C=C/C/C=C/CCCCCCCCCCCCC(=O)OCC(COCCC(C(=O)O)[N+](C)(C)C)OC(=O)CCCCCCCCC. The fourth-order valence-corrected chi connectivity index (χ4v) is 5.87. The number of carboxylic acid groups (broad SMARTS) is 1. The van der Waals surface area contributed by atoms with Crippen molar-refractivity contribution in [2.24, 2.45) is 0 Å². The number of allylic oxidation sites excluding steroid dienone is 6. The van der Waals surface area contributed by atoms with Crippen molar-refractivity contribution < 1.29 is 38.2 Å². The zero-order valence-electron chi connectivity index (χ0n) is 33.6. The molecule has 0 radical (unpaired) electrons. The first-order chi connectivity index (χ1) is 24.6. The Kier molecular flexibility index (Phi) is 33.0. The topological polar surface area (TPSA) is 99.1 Å². The molecule has 0 saturated carbocycles. The van der Waals surface area contributed by atoms with Gasteiger partial charge < -0.3 is 23.8 Å². The molecule has 0 aliphatic rings. The van der Waals surface area contributed by atoms with E-state index >= 15 is 0 Å². The second-order valence-electron chi connectivity index (χ2n) is 14.9. The highest BCUT2D eigenvalue weighted by Crippen LogP contribution is 2.14. The molecule has 0 bridgehead atoms. The van der Waals surface area contributed by atoms with Gasteiger partial charge in [0, 0.05) is 19.3 Å². The van der Waals surface area contributed by atoms with Crippen LogP contribution >= 0.6 is 0 Å². The van der Waals surface area contributed by atoms with Gasteiger partial charge in [-0.2, -0.15) is 0 Å². The van der Waals surface area contributed by atoms with Gasteiger partial charge in [-0.1, -0.05) is 140 Å². The second-order valence-corrected chi connectivity index (χ2v) is 14.9. The predicted octanol–water partition coefficient (Wildman–Crippen LogP) is 10.7. The highest BCUT2D eigenvalue weighted by molar-refractivity contribution is 5.72. The summed E-state index contributed by atoms with van der Waals surface area (Å²) in [6.45, 7) is 4.57. The van der Waals surface area contributed by atoms with Gasteiger partial charge >= 0.3 is 17.9 Å². The number of hydrogen-bond donors (Lipinski definition) is 1. The highest BCUT2D eigenvalue weighted by atomic mass is 16.6. The van der Waals surface area contributed by atoms with Gasteiger partial charge in [0.2, 0.25) is 0 Å². The lowest BCUT2D eigenvalue weighted by atomic mass is 10.1. The molecule has 0 aliphatic carbocycles. The van der Waals surface area contributed by atoms with Crippen LogP contribution in [0.2, 0.25) is 0 Å². The van der Waals surface area contributed by atoms with E-state index in [9.17, 15) is 19.5 Å². The molecule has 2 atom stereocenters. The van der Waals surface area contributed by atoms with Crippen molar-refractivity contribution in [3.63, 3.8) is 0 Å². The Morgan fingerprint density at radius 1 is 0.608 bits per heavy atom. The molecule has 0 rings (SSSR count). The number of ether oxygens (including phenoxy) is 3. The summed E-state index contributed by atoms with van der Waals surface area (Å²) in [7, 11) is 5.51. The number of carboxylic acids is 1. The van der Waals surface area contributed by atoms with Crippen LogP contribution < -0.4 is 0 Å². The molecule has 1 N–H and O–H groups in total. The second kappa shape index (κ2) is 34.6. The molecule has 0 fully saturated rings. The summed E-state index contributed by atoms with van der Waals surface area (Å²) in [6, 6.07) is -0.611.